The Morgan fingerprint density at radius 3 is 2.24 bits per heavy atom. The number of halogens is 4. The summed E-state index contributed by atoms with van der Waals surface area (Å²) in [7, 11) is 0. The van der Waals surface area contributed by atoms with Gasteiger partial charge >= 0.3 is 12.5 Å². The van der Waals surface area contributed by atoms with Gasteiger partial charge in [0.15, 0.2) is 0 Å². The summed E-state index contributed by atoms with van der Waals surface area (Å²) < 4.78 is 47.8. The van der Waals surface area contributed by atoms with Crippen molar-refractivity contribution in [1.82, 2.24) is 9.88 Å². The molecule has 1 saturated heterocycles. The maximum absolute atomic E-state index is 12.6. The number of hydrogen-bond acceptors (Lipinski definition) is 5. The average molecular weight is 531 g/mol. The predicted molar refractivity (Wildman–Crippen MR) is 119 cm³/mol. The molecule has 33 heavy (non-hydrogen) atoms. The molecule has 2 heterocycles. The van der Waals surface area contributed by atoms with Crippen LogP contribution in [0.15, 0.2) is 47.2 Å². The van der Waals surface area contributed by atoms with E-state index in [2.05, 4.69) is 25.7 Å². The molecular weight excluding hydrogens is 505 g/mol. The Morgan fingerprint density at radius 1 is 1.15 bits per heavy atom. The molecule has 6 nitrogen and oxygen atoms in total. The van der Waals surface area contributed by atoms with Gasteiger partial charge in [0.1, 0.15) is 17.0 Å². The van der Waals surface area contributed by atoms with E-state index in [0.29, 0.717) is 22.0 Å². The van der Waals surface area contributed by atoms with Crippen molar-refractivity contribution < 1.29 is 32.5 Å². The minimum atomic E-state index is -4.82. The van der Waals surface area contributed by atoms with Crippen LogP contribution in [0.4, 0.5) is 18.0 Å². The number of aromatic nitrogens is 1. The molecule has 180 valence electrons. The van der Waals surface area contributed by atoms with E-state index >= 15 is 0 Å². The zero-order valence-electron chi connectivity index (χ0n) is 18.7. The second-order valence-corrected chi connectivity index (χ2v) is 10.1. The van der Waals surface area contributed by atoms with Crippen molar-refractivity contribution in [3.8, 4) is 5.75 Å². The molecule has 1 aliphatic heterocycles. The van der Waals surface area contributed by atoms with E-state index in [0.717, 1.165) is 12.1 Å². The summed E-state index contributed by atoms with van der Waals surface area (Å²) in [4.78, 5) is 18.2. The molecule has 1 atom stereocenters. The van der Waals surface area contributed by atoms with Crippen LogP contribution in [-0.2, 0) is 10.3 Å². The molecule has 10 heteroatoms. The van der Waals surface area contributed by atoms with Crippen molar-refractivity contribution in [2.24, 2.45) is 5.41 Å². The maximum atomic E-state index is 12.6. The van der Waals surface area contributed by atoms with Gasteiger partial charge in [-0.3, -0.25) is 4.98 Å². The number of ether oxygens (including phenoxy) is 2. The van der Waals surface area contributed by atoms with Gasteiger partial charge in [0.25, 0.3) is 0 Å². The van der Waals surface area contributed by atoms with Gasteiger partial charge in [-0.25, -0.2) is 4.79 Å². The largest absolute Gasteiger partial charge is 0.573 e. The molecule has 1 N–H and O–H groups in total. The Kier molecular flexibility index (Phi) is 6.74. The molecule has 1 amide bonds. The Bertz CT molecular complexity index is 1000. The number of likely N-dealkylation sites (tertiary alicyclic amines) is 1. The van der Waals surface area contributed by atoms with E-state index in [1.54, 1.807) is 33.0 Å². The van der Waals surface area contributed by atoms with E-state index in [1.165, 1.54) is 23.2 Å². The van der Waals surface area contributed by atoms with Gasteiger partial charge < -0.3 is 19.5 Å². The van der Waals surface area contributed by atoms with Crippen molar-refractivity contribution in [1.29, 1.82) is 0 Å². The molecule has 2 aromatic rings. The van der Waals surface area contributed by atoms with Crippen LogP contribution >= 0.6 is 15.9 Å². The van der Waals surface area contributed by atoms with Gasteiger partial charge in [0.2, 0.25) is 0 Å². The SMILES string of the molecule is CCC1([C@](O)(c2ccc(OC(F)(F)F)cc2)c2cncc(Br)c2)CN(C(=O)OC(C)(C)C)C1. The molecule has 1 fully saturated rings. The fraction of sp³-hybridized carbons (Fsp3) is 0.478. The fourth-order valence-corrected chi connectivity index (χ4v) is 4.50. The molecule has 0 aliphatic carbocycles. The lowest BCUT2D eigenvalue weighted by molar-refractivity contribution is -0.274. The number of carbonyl (C=O) groups excluding carboxylic acids is 1. The van der Waals surface area contributed by atoms with E-state index in [-0.39, 0.29) is 13.1 Å². The molecule has 1 aromatic heterocycles. The molecule has 0 radical (unpaired) electrons. The van der Waals surface area contributed by atoms with E-state index in [4.69, 9.17) is 4.74 Å². The summed E-state index contributed by atoms with van der Waals surface area (Å²) in [5.41, 5.74) is -2.32. The maximum Gasteiger partial charge on any atom is 0.573 e. The first-order valence-electron chi connectivity index (χ1n) is 10.4. The van der Waals surface area contributed by atoms with E-state index < -0.39 is 34.8 Å². The smallest absolute Gasteiger partial charge is 0.444 e. The summed E-state index contributed by atoms with van der Waals surface area (Å²) in [5.74, 6) is -0.393. The summed E-state index contributed by atoms with van der Waals surface area (Å²) in [6, 6.07) is 6.82. The van der Waals surface area contributed by atoms with Gasteiger partial charge in [0.05, 0.1) is 0 Å². The van der Waals surface area contributed by atoms with Crippen LogP contribution in [0.25, 0.3) is 0 Å². The third-order valence-electron chi connectivity index (χ3n) is 5.71. The number of aliphatic hydroxyl groups is 1. The van der Waals surface area contributed by atoms with Gasteiger partial charge in [0, 0.05) is 40.9 Å². The first kappa shape index (κ1) is 25.3. The van der Waals surface area contributed by atoms with Crippen LogP contribution in [0.2, 0.25) is 0 Å². The average Bonchev–Trinajstić information content (AvgIpc) is 2.65. The number of alkyl halides is 3. The zero-order chi connectivity index (χ0) is 24.7. The molecule has 0 unspecified atom stereocenters. The number of carbonyl (C=O) groups is 1. The number of pyridine rings is 1. The standard InChI is InChI=1S/C23H26BrF3N2O4/c1-5-21(13-29(14-21)19(30)33-20(2,3)4)22(31,16-10-17(24)12-28-11-16)15-6-8-18(9-7-15)32-23(25,26)27/h6-12,31H,5,13-14H2,1-4H3/t22-/m0/s1. The zero-order valence-corrected chi connectivity index (χ0v) is 20.3. The Hall–Kier alpha value is -2.33. The van der Waals surface area contributed by atoms with Crippen molar-refractivity contribution in [3.63, 3.8) is 0 Å². The van der Waals surface area contributed by atoms with Crippen LogP contribution in [-0.4, -0.2) is 46.1 Å². The van der Waals surface area contributed by atoms with Crippen LogP contribution in [0.3, 0.4) is 0 Å². The first-order valence-corrected chi connectivity index (χ1v) is 11.2. The highest BCUT2D eigenvalue weighted by Crippen LogP contribution is 2.53. The summed E-state index contributed by atoms with van der Waals surface area (Å²) in [6.45, 7) is 7.60. The van der Waals surface area contributed by atoms with Crippen LogP contribution in [0, 0.1) is 5.41 Å². The number of nitrogens with zero attached hydrogens (tertiary/aromatic N) is 2. The quantitative estimate of drug-likeness (QED) is 0.542. The topological polar surface area (TPSA) is 71.9 Å². The summed E-state index contributed by atoms with van der Waals surface area (Å²) >= 11 is 3.37. The molecular formula is C23H26BrF3N2O4. The molecule has 0 spiro atoms. The lowest BCUT2D eigenvalue weighted by Gasteiger charge is -2.58. The lowest BCUT2D eigenvalue weighted by Crippen LogP contribution is -2.67. The minimum Gasteiger partial charge on any atom is -0.444 e. The normalized spacial score (nSPS) is 17.7. The highest BCUT2D eigenvalue weighted by molar-refractivity contribution is 9.10. The predicted octanol–water partition coefficient (Wildman–Crippen LogP) is 5.63. The molecule has 3 rings (SSSR count). The third kappa shape index (κ3) is 5.27. The number of amides is 1. The van der Waals surface area contributed by atoms with E-state index in [1.807, 2.05) is 6.92 Å². The first-order chi connectivity index (χ1) is 15.2. The summed E-state index contributed by atoms with van der Waals surface area (Å²) in [5, 5.41) is 12.2. The number of rotatable bonds is 5. The lowest BCUT2D eigenvalue weighted by atomic mass is 9.59. The van der Waals surface area contributed by atoms with Crippen LogP contribution in [0.5, 0.6) is 5.75 Å². The number of hydrogen-bond donors (Lipinski definition) is 1. The van der Waals surface area contributed by atoms with Crippen LogP contribution < -0.4 is 4.74 Å². The fourth-order valence-electron chi connectivity index (χ4n) is 4.13. The molecule has 1 aromatic carbocycles. The summed E-state index contributed by atoms with van der Waals surface area (Å²) in [6.07, 6.45) is -1.75. The Morgan fingerprint density at radius 2 is 1.76 bits per heavy atom. The van der Waals surface area contributed by atoms with Gasteiger partial charge in [-0.2, -0.15) is 0 Å². The van der Waals surface area contributed by atoms with Gasteiger partial charge in [-0.05, 0) is 66.9 Å². The molecule has 0 saturated carbocycles. The second-order valence-electron chi connectivity index (χ2n) is 9.14. The van der Waals surface area contributed by atoms with Crippen molar-refractivity contribution in [2.45, 2.75) is 51.7 Å². The van der Waals surface area contributed by atoms with Crippen molar-refractivity contribution in [2.75, 3.05) is 13.1 Å². The second kappa shape index (κ2) is 8.79. The van der Waals surface area contributed by atoms with Crippen LogP contribution in [0.1, 0.15) is 45.2 Å². The minimum absolute atomic E-state index is 0.197. The molecule has 0 bridgehead atoms. The Balaban J connectivity index is 2.01. The highest BCUT2D eigenvalue weighted by Gasteiger charge is 2.60. The van der Waals surface area contributed by atoms with Gasteiger partial charge in [-0.1, -0.05) is 19.1 Å². The van der Waals surface area contributed by atoms with Gasteiger partial charge in [-0.15, -0.1) is 13.2 Å². The third-order valence-corrected chi connectivity index (χ3v) is 6.15. The highest BCUT2D eigenvalue weighted by atomic mass is 79.9. The van der Waals surface area contributed by atoms with Crippen molar-refractivity contribution in [3.05, 3.63) is 58.3 Å². The monoisotopic (exact) mass is 530 g/mol. The number of benzene rings is 1. The van der Waals surface area contributed by atoms with Crippen molar-refractivity contribution >= 4 is 22.0 Å². The Labute approximate surface area is 198 Å². The molecule has 1 aliphatic rings. The van der Waals surface area contributed by atoms with E-state index in [9.17, 15) is 23.1 Å².